The zero-order valence-corrected chi connectivity index (χ0v) is 13.7. The second-order valence-electron chi connectivity index (χ2n) is 4.28. The first-order chi connectivity index (χ1) is 10.1. The summed E-state index contributed by atoms with van der Waals surface area (Å²) in [6.45, 7) is 0.489. The van der Waals surface area contributed by atoms with E-state index in [1.165, 1.54) is 14.2 Å². The monoisotopic (exact) mass is 331 g/mol. The summed E-state index contributed by atoms with van der Waals surface area (Å²) >= 11 is 0. The average Bonchev–Trinajstić information content (AvgIpc) is 2.50. The van der Waals surface area contributed by atoms with Crippen LogP contribution in [0.4, 0.5) is 5.69 Å². The zero-order chi connectivity index (χ0) is 15.7. The number of amides is 2. The molecular weight excluding hydrogens is 310 g/mol. The average molecular weight is 332 g/mol. The van der Waals surface area contributed by atoms with Crippen molar-refractivity contribution in [1.29, 1.82) is 0 Å². The lowest BCUT2D eigenvalue weighted by Crippen LogP contribution is -2.34. The van der Waals surface area contributed by atoms with Crippen LogP contribution in [0.15, 0.2) is 18.2 Å². The Hall–Kier alpha value is -1.99. The molecule has 0 aliphatic carbocycles. The van der Waals surface area contributed by atoms with Gasteiger partial charge in [0.2, 0.25) is 11.8 Å². The minimum atomic E-state index is -0.317. The Balaban J connectivity index is 0.00000441. The molecule has 0 radical (unpaired) electrons. The quantitative estimate of drug-likeness (QED) is 0.655. The van der Waals surface area contributed by atoms with Crippen LogP contribution < -0.4 is 25.4 Å². The summed E-state index contributed by atoms with van der Waals surface area (Å²) in [6.07, 6.45) is 0.330. The smallest absolute Gasteiger partial charge is 0.243 e. The fourth-order valence-electron chi connectivity index (χ4n) is 1.59. The summed E-state index contributed by atoms with van der Waals surface area (Å²) in [7, 11) is 4.82. The largest absolute Gasteiger partial charge is 0.497 e. The van der Waals surface area contributed by atoms with Crippen LogP contribution in [0, 0.1) is 0 Å². The molecule has 1 aromatic rings. The summed E-state index contributed by atoms with van der Waals surface area (Å²) in [5.74, 6) is 0.649. The predicted molar refractivity (Wildman–Crippen MR) is 87.0 cm³/mol. The minimum absolute atomic E-state index is 0. The third-order valence-corrected chi connectivity index (χ3v) is 2.68. The van der Waals surface area contributed by atoms with Crippen LogP contribution in [0.25, 0.3) is 0 Å². The third-order valence-electron chi connectivity index (χ3n) is 2.68. The Kier molecular flexibility index (Phi) is 9.73. The second kappa shape index (κ2) is 10.7. The van der Waals surface area contributed by atoms with Gasteiger partial charge in [-0.3, -0.25) is 9.59 Å². The van der Waals surface area contributed by atoms with Gasteiger partial charge in [-0.2, -0.15) is 0 Å². The number of anilines is 1. The first kappa shape index (κ1) is 20.0. The molecule has 0 saturated carbocycles. The Labute approximate surface area is 136 Å². The molecular formula is C14H22ClN3O4. The van der Waals surface area contributed by atoms with Gasteiger partial charge in [0.15, 0.2) is 0 Å². The van der Waals surface area contributed by atoms with Gasteiger partial charge < -0.3 is 25.4 Å². The molecule has 0 saturated heterocycles. The van der Waals surface area contributed by atoms with Crippen LogP contribution in [-0.2, 0) is 9.59 Å². The number of hydrogen-bond donors (Lipinski definition) is 3. The topological polar surface area (TPSA) is 88.7 Å². The highest BCUT2D eigenvalue weighted by Gasteiger charge is 2.08. The summed E-state index contributed by atoms with van der Waals surface area (Å²) in [4.78, 5) is 23.2. The van der Waals surface area contributed by atoms with E-state index in [0.29, 0.717) is 30.2 Å². The number of ether oxygens (including phenoxy) is 2. The number of benzene rings is 1. The number of methoxy groups -OCH3 is 2. The Bertz CT molecular complexity index is 475. The van der Waals surface area contributed by atoms with Gasteiger partial charge in [-0.1, -0.05) is 0 Å². The SMILES string of the molecule is CNCCC(=O)NCC(=O)Nc1cc(OC)cc(OC)c1.Cl. The summed E-state index contributed by atoms with van der Waals surface area (Å²) in [5, 5.41) is 8.08. The maximum absolute atomic E-state index is 11.8. The van der Waals surface area contributed by atoms with Crippen molar-refractivity contribution in [3.63, 3.8) is 0 Å². The van der Waals surface area contributed by atoms with Gasteiger partial charge in [0.1, 0.15) is 11.5 Å². The molecule has 7 nitrogen and oxygen atoms in total. The summed E-state index contributed by atoms with van der Waals surface area (Å²) < 4.78 is 10.2. The van der Waals surface area contributed by atoms with E-state index in [9.17, 15) is 9.59 Å². The predicted octanol–water partition coefficient (Wildman–Crippen LogP) is 0.790. The molecule has 0 heterocycles. The van der Waals surface area contributed by atoms with E-state index in [4.69, 9.17) is 9.47 Å². The molecule has 0 fully saturated rings. The third kappa shape index (κ3) is 7.14. The lowest BCUT2D eigenvalue weighted by molar-refractivity contribution is -0.124. The molecule has 0 aliphatic rings. The van der Waals surface area contributed by atoms with Gasteiger partial charge in [-0.05, 0) is 7.05 Å². The molecule has 0 aromatic heterocycles. The van der Waals surface area contributed by atoms with E-state index in [-0.39, 0.29) is 30.8 Å². The molecule has 0 bridgehead atoms. The molecule has 1 rings (SSSR count). The Morgan fingerprint density at radius 3 is 2.14 bits per heavy atom. The zero-order valence-electron chi connectivity index (χ0n) is 12.9. The fourth-order valence-corrected chi connectivity index (χ4v) is 1.59. The van der Waals surface area contributed by atoms with Crippen molar-refractivity contribution in [2.45, 2.75) is 6.42 Å². The molecule has 1 aromatic carbocycles. The second-order valence-corrected chi connectivity index (χ2v) is 4.28. The first-order valence-corrected chi connectivity index (χ1v) is 6.53. The maximum atomic E-state index is 11.8. The van der Waals surface area contributed by atoms with E-state index in [0.717, 1.165) is 0 Å². The summed E-state index contributed by atoms with van der Waals surface area (Å²) in [5.41, 5.74) is 0.542. The lowest BCUT2D eigenvalue weighted by Gasteiger charge is -2.10. The number of halogens is 1. The van der Waals surface area contributed by atoms with Gasteiger partial charge in [0.25, 0.3) is 0 Å². The van der Waals surface area contributed by atoms with Crippen LogP contribution in [-0.4, -0.2) is 46.2 Å². The van der Waals surface area contributed by atoms with Crippen molar-refractivity contribution in [3.05, 3.63) is 18.2 Å². The molecule has 8 heteroatoms. The minimum Gasteiger partial charge on any atom is -0.497 e. The molecule has 3 N–H and O–H groups in total. The highest BCUT2D eigenvalue weighted by Crippen LogP contribution is 2.25. The van der Waals surface area contributed by atoms with Gasteiger partial charge in [0.05, 0.1) is 20.8 Å². The molecule has 0 aliphatic heterocycles. The van der Waals surface area contributed by atoms with Gasteiger partial charge in [0, 0.05) is 36.9 Å². The number of rotatable bonds is 8. The lowest BCUT2D eigenvalue weighted by atomic mass is 10.2. The highest BCUT2D eigenvalue weighted by molar-refractivity contribution is 5.94. The highest BCUT2D eigenvalue weighted by atomic mass is 35.5. The maximum Gasteiger partial charge on any atom is 0.243 e. The molecule has 22 heavy (non-hydrogen) atoms. The molecule has 124 valence electrons. The van der Waals surface area contributed by atoms with E-state index in [1.54, 1.807) is 25.2 Å². The van der Waals surface area contributed by atoms with Crippen LogP contribution in [0.2, 0.25) is 0 Å². The normalized spacial score (nSPS) is 9.41. The Morgan fingerprint density at radius 2 is 1.64 bits per heavy atom. The van der Waals surface area contributed by atoms with Crippen molar-refractivity contribution < 1.29 is 19.1 Å². The number of carbonyl (C=O) groups excluding carboxylic acids is 2. The van der Waals surface area contributed by atoms with Gasteiger partial charge >= 0.3 is 0 Å². The molecule has 0 unspecified atom stereocenters. The van der Waals surface area contributed by atoms with Crippen LogP contribution in [0.5, 0.6) is 11.5 Å². The first-order valence-electron chi connectivity index (χ1n) is 6.53. The standard InChI is InChI=1S/C14H21N3O4.ClH/c1-15-5-4-13(18)16-9-14(19)17-10-6-11(20-2)8-12(7-10)21-3;/h6-8,15H,4-5,9H2,1-3H3,(H,16,18)(H,17,19);1H. The fraction of sp³-hybridized carbons (Fsp3) is 0.429. The van der Waals surface area contributed by atoms with E-state index < -0.39 is 0 Å². The van der Waals surface area contributed by atoms with E-state index in [1.807, 2.05) is 0 Å². The van der Waals surface area contributed by atoms with Crippen molar-refractivity contribution >= 4 is 29.9 Å². The molecule has 2 amide bonds. The van der Waals surface area contributed by atoms with Crippen molar-refractivity contribution in [2.75, 3.05) is 39.7 Å². The molecule has 0 spiro atoms. The van der Waals surface area contributed by atoms with Gasteiger partial charge in [-0.15, -0.1) is 12.4 Å². The number of carbonyl (C=O) groups is 2. The van der Waals surface area contributed by atoms with Crippen LogP contribution in [0.1, 0.15) is 6.42 Å². The summed E-state index contributed by atoms with van der Waals surface area (Å²) in [6, 6.07) is 5.04. The van der Waals surface area contributed by atoms with Crippen molar-refractivity contribution in [3.8, 4) is 11.5 Å². The van der Waals surface area contributed by atoms with Crippen molar-refractivity contribution in [2.24, 2.45) is 0 Å². The van der Waals surface area contributed by atoms with Crippen LogP contribution in [0.3, 0.4) is 0 Å². The molecule has 0 atom stereocenters. The Morgan fingerprint density at radius 1 is 1.05 bits per heavy atom. The van der Waals surface area contributed by atoms with E-state index >= 15 is 0 Å². The van der Waals surface area contributed by atoms with Crippen molar-refractivity contribution in [1.82, 2.24) is 10.6 Å². The number of nitrogens with one attached hydrogen (secondary N) is 3. The number of hydrogen-bond acceptors (Lipinski definition) is 5. The van der Waals surface area contributed by atoms with Gasteiger partial charge in [-0.25, -0.2) is 0 Å². The van der Waals surface area contributed by atoms with E-state index in [2.05, 4.69) is 16.0 Å². The van der Waals surface area contributed by atoms with Crippen LogP contribution >= 0.6 is 12.4 Å².